The normalized spacial score (nSPS) is 17.1. The summed E-state index contributed by atoms with van der Waals surface area (Å²) in [6, 6.07) is 36.0. The summed E-state index contributed by atoms with van der Waals surface area (Å²) in [4.78, 5) is 2.02. The van der Waals surface area contributed by atoms with Gasteiger partial charge in [-0.1, -0.05) is 78.9 Å². The molecule has 3 atom stereocenters. The fourth-order valence-corrected chi connectivity index (χ4v) is 6.14. The second kappa shape index (κ2) is 12.3. The largest absolute Gasteiger partial charge is 0.508 e. The predicted molar refractivity (Wildman–Crippen MR) is 172 cm³/mol. The number of aliphatic hydroxyl groups is 1. The van der Waals surface area contributed by atoms with E-state index in [1.165, 1.54) is 12.1 Å². The summed E-state index contributed by atoms with van der Waals surface area (Å²) >= 11 is 5.85. The molecule has 0 aromatic heterocycles. The minimum atomic E-state index is -0.780. The van der Waals surface area contributed by atoms with Crippen LogP contribution in [0.5, 0.6) is 11.5 Å². The number of benzene rings is 5. The smallest absolute Gasteiger partial charge is 0.174 e. The molecule has 1 fully saturated rings. The molecule has 43 heavy (non-hydrogen) atoms. The van der Waals surface area contributed by atoms with Crippen molar-refractivity contribution in [1.29, 1.82) is 0 Å². The summed E-state index contributed by atoms with van der Waals surface area (Å²) < 4.78 is 13.4. The second-order valence-electron chi connectivity index (χ2n) is 10.8. The van der Waals surface area contributed by atoms with Gasteiger partial charge in [-0.2, -0.15) is 0 Å². The van der Waals surface area contributed by atoms with E-state index in [9.17, 15) is 19.7 Å². The van der Waals surface area contributed by atoms with Crippen LogP contribution in [0.4, 0.5) is 10.1 Å². The van der Waals surface area contributed by atoms with E-state index in [1.54, 1.807) is 36.4 Å². The van der Waals surface area contributed by atoms with Gasteiger partial charge in [0.2, 0.25) is 0 Å². The molecule has 1 saturated heterocycles. The van der Waals surface area contributed by atoms with Crippen LogP contribution in [-0.4, -0.2) is 26.5 Å². The summed E-state index contributed by atoms with van der Waals surface area (Å²) in [5, 5.41) is 36.2. The maximum atomic E-state index is 13.4. The van der Waals surface area contributed by atoms with Crippen molar-refractivity contribution in [1.82, 2.24) is 5.32 Å². The lowest BCUT2D eigenvalue weighted by Gasteiger charge is -2.29. The van der Waals surface area contributed by atoms with Crippen molar-refractivity contribution in [3.63, 3.8) is 0 Å². The molecule has 6 rings (SSSR count). The summed E-state index contributed by atoms with van der Waals surface area (Å²) in [5.41, 5.74) is 5.95. The molecule has 7 heteroatoms. The Balaban J connectivity index is 1.33. The maximum absolute atomic E-state index is 13.4. The Labute approximate surface area is 255 Å². The Morgan fingerprint density at radius 2 is 1.40 bits per heavy atom. The minimum absolute atomic E-state index is 0.104. The Morgan fingerprint density at radius 3 is 2.09 bits per heavy atom. The average molecular weight is 591 g/mol. The van der Waals surface area contributed by atoms with Crippen LogP contribution in [0.25, 0.3) is 22.3 Å². The zero-order chi connectivity index (χ0) is 29.9. The van der Waals surface area contributed by atoms with E-state index in [1.807, 2.05) is 53.4 Å². The monoisotopic (exact) mass is 590 g/mol. The van der Waals surface area contributed by atoms with Crippen LogP contribution in [-0.2, 0) is 0 Å². The molecule has 5 nitrogen and oxygen atoms in total. The summed E-state index contributed by atoms with van der Waals surface area (Å²) in [6.45, 7) is 0. The van der Waals surface area contributed by atoms with Gasteiger partial charge in [-0.15, -0.1) is 0 Å². The minimum Gasteiger partial charge on any atom is -0.508 e. The number of phenolic OH excluding ortho intramolecular Hbond substituents is 2. The third-order valence-corrected chi connectivity index (χ3v) is 8.29. The Hall–Kier alpha value is -4.72. The highest BCUT2D eigenvalue weighted by molar-refractivity contribution is 7.80. The van der Waals surface area contributed by atoms with Gasteiger partial charge in [0.25, 0.3) is 0 Å². The first-order chi connectivity index (χ1) is 20.9. The lowest BCUT2D eigenvalue weighted by Crippen LogP contribution is -2.29. The average Bonchev–Trinajstić information content (AvgIpc) is 3.36. The van der Waals surface area contributed by atoms with Gasteiger partial charge in [0.15, 0.2) is 5.11 Å². The number of anilines is 1. The maximum Gasteiger partial charge on any atom is 0.174 e. The predicted octanol–water partition coefficient (Wildman–Crippen LogP) is 7.89. The van der Waals surface area contributed by atoms with Gasteiger partial charge in [0.1, 0.15) is 17.3 Å². The number of halogens is 1. The highest BCUT2D eigenvalue weighted by Crippen LogP contribution is 2.42. The van der Waals surface area contributed by atoms with Crippen LogP contribution in [0.15, 0.2) is 121 Å². The van der Waals surface area contributed by atoms with Crippen LogP contribution < -0.4 is 10.2 Å². The van der Waals surface area contributed by atoms with Crippen molar-refractivity contribution < 1.29 is 19.7 Å². The van der Waals surface area contributed by atoms with Crippen LogP contribution in [0.2, 0.25) is 0 Å². The quantitative estimate of drug-likeness (QED) is 0.138. The number of nitrogens with one attached hydrogen (secondary N) is 1. The molecule has 0 aliphatic carbocycles. The Morgan fingerprint density at radius 1 is 0.744 bits per heavy atom. The van der Waals surface area contributed by atoms with E-state index in [4.69, 9.17) is 12.2 Å². The third-order valence-electron chi connectivity index (χ3n) is 7.97. The van der Waals surface area contributed by atoms with Crippen LogP contribution in [0, 0.1) is 5.82 Å². The lowest BCUT2D eigenvalue weighted by molar-refractivity contribution is 0.159. The number of thiocarbonyl (C=S) groups is 1. The summed E-state index contributed by atoms with van der Waals surface area (Å²) in [6.07, 6.45) is 0.165. The highest BCUT2D eigenvalue weighted by Gasteiger charge is 2.40. The molecule has 1 aliphatic heterocycles. The fourth-order valence-electron chi connectivity index (χ4n) is 5.77. The van der Waals surface area contributed by atoms with E-state index in [0.717, 1.165) is 27.9 Å². The number of hydrogen-bond donors (Lipinski definition) is 4. The first kappa shape index (κ1) is 28.4. The van der Waals surface area contributed by atoms with Crippen molar-refractivity contribution in [2.24, 2.45) is 0 Å². The van der Waals surface area contributed by atoms with Crippen molar-refractivity contribution in [2.45, 2.75) is 31.0 Å². The van der Waals surface area contributed by atoms with Gasteiger partial charge in [-0.25, -0.2) is 4.39 Å². The van der Waals surface area contributed by atoms with E-state index in [0.29, 0.717) is 29.1 Å². The van der Waals surface area contributed by atoms with E-state index >= 15 is 0 Å². The molecule has 0 saturated carbocycles. The molecule has 1 heterocycles. The van der Waals surface area contributed by atoms with Gasteiger partial charge in [-0.3, -0.25) is 0 Å². The van der Waals surface area contributed by atoms with E-state index in [2.05, 4.69) is 29.6 Å². The lowest BCUT2D eigenvalue weighted by atomic mass is 9.91. The molecule has 0 amide bonds. The van der Waals surface area contributed by atoms with Crippen LogP contribution >= 0.6 is 12.2 Å². The second-order valence-corrected chi connectivity index (χ2v) is 11.1. The van der Waals surface area contributed by atoms with Crippen molar-refractivity contribution >= 4 is 23.0 Å². The van der Waals surface area contributed by atoms with Crippen LogP contribution in [0.1, 0.15) is 36.1 Å². The van der Waals surface area contributed by atoms with Crippen molar-refractivity contribution in [2.75, 3.05) is 4.90 Å². The number of rotatable bonds is 8. The number of aliphatic hydroxyl groups excluding tert-OH is 1. The zero-order valence-electron chi connectivity index (χ0n) is 23.3. The molecule has 5 aromatic rings. The SMILES string of the molecule is Oc1cccc(-c2ccc([C@@H]3[C@H](CCC(O)c4ccc(F)cc4)NC(=S)N3c3ccc(-c4ccccc4)cc3)c(O)c2)c1. The summed E-state index contributed by atoms with van der Waals surface area (Å²) in [5.74, 6) is -0.0963. The van der Waals surface area contributed by atoms with Crippen molar-refractivity contribution in [3.05, 3.63) is 138 Å². The van der Waals surface area contributed by atoms with E-state index < -0.39 is 6.10 Å². The molecule has 5 aromatic carbocycles. The molecule has 0 radical (unpaired) electrons. The van der Waals surface area contributed by atoms with Gasteiger partial charge in [0.05, 0.1) is 18.2 Å². The van der Waals surface area contributed by atoms with Gasteiger partial charge < -0.3 is 25.5 Å². The molecule has 4 N–H and O–H groups in total. The number of aromatic hydroxyl groups is 2. The Bertz CT molecular complexity index is 1730. The highest BCUT2D eigenvalue weighted by atomic mass is 32.1. The molecule has 1 unspecified atom stereocenters. The zero-order valence-corrected chi connectivity index (χ0v) is 24.1. The standard InChI is InChI=1S/C36H31FN2O3S/c37-28-14-9-25(10-15-28)33(41)20-19-32-35(31-18-13-27(22-34(31)42)26-7-4-8-30(40)21-26)39(36(43)38-32)29-16-11-24(12-17-29)23-5-2-1-3-6-23/h1-18,21-22,32-33,35,40-42H,19-20H2,(H,38,43)/t32-,33?,35+/m0/s1. The third kappa shape index (κ3) is 6.09. The number of nitrogens with zero attached hydrogens (tertiary/aromatic N) is 1. The number of phenols is 2. The molecule has 216 valence electrons. The van der Waals surface area contributed by atoms with Crippen LogP contribution in [0.3, 0.4) is 0 Å². The first-order valence-electron chi connectivity index (χ1n) is 14.2. The fraction of sp³-hybridized carbons (Fsp3) is 0.139. The van der Waals surface area contributed by atoms with Gasteiger partial charge >= 0.3 is 0 Å². The number of hydrogen-bond acceptors (Lipinski definition) is 4. The Kier molecular flexibility index (Phi) is 8.09. The van der Waals surface area contributed by atoms with Gasteiger partial charge in [0, 0.05) is 11.3 Å². The van der Waals surface area contributed by atoms with Crippen molar-refractivity contribution in [3.8, 4) is 33.8 Å². The molecule has 0 spiro atoms. The molecular formula is C36H31FN2O3S. The first-order valence-corrected chi connectivity index (χ1v) is 14.6. The van der Waals surface area contributed by atoms with Gasteiger partial charge in [-0.05, 0) is 95.3 Å². The molecule has 0 bridgehead atoms. The topological polar surface area (TPSA) is 76.0 Å². The summed E-state index contributed by atoms with van der Waals surface area (Å²) in [7, 11) is 0. The van der Waals surface area contributed by atoms with E-state index in [-0.39, 0.29) is 29.4 Å². The molecular weight excluding hydrogens is 559 g/mol. The molecule has 1 aliphatic rings.